The van der Waals surface area contributed by atoms with Crippen molar-refractivity contribution in [3.05, 3.63) is 40.4 Å². The van der Waals surface area contributed by atoms with Crippen LogP contribution in [0.3, 0.4) is 0 Å². The van der Waals surface area contributed by atoms with Crippen molar-refractivity contribution in [2.24, 2.45) is 0 Å². The fourth-order valence-corrected chi connectivity index (χ4v) is 3.85. The summed E-state index contributed by atoms with van der Waals surface area (Å²) in [5, 5.41) is 17.6. The van der Waals surface area contributed by atoms with E-state index < -0.39 is 6.10 Å². The lowest BCUT2D eigenvalue weighted by atomic mass is 10.2. The van der Waals surface area contributed by atoms with Crippen molar-refractivity contribution in [1.82, 2.24) is 24.7 Å². The maximum atomic E-state index is 10.2. The molecule has 3 rings (SSSR count). The molecular weight excluding hydrogens is 433 g/mol. The van der Waals surface area contributed by atoms with Crippen LogP contribution in [0.4, 0.5) is 0 Å². The molecule has 0 spiro atoms. The lowest BCUT2D eigenvalue weighted by molar-refractivity contribution is 0.0641. The molecule has 0 amide bonds. The van der Waals surface area contributed by atoms with Crippen LogP contribution >= 0.6 is 36.3 Å². The van der Waals surface area contributed by atoms with E-state index >= 15 is 0 Å². The number of rotatable bonds is 9. The average Bonchev–Trinajstić information content (AvgIpc) is 3.06. The third-order valence-corrected chi connectivity index (χ3v) is 5.46. The number of aliphatic hydroxyl groups is 1. The van der Waals surface area contributed by atoms with E-state index in [-0.39, 0.29) is 24.8 Å². The van der Waals surface area contributed by atoms with Crippen LogP contribution < -0.4 is 10.1 Å². The monoisotopic (exact) mass is 463 g/mol. The maximum Gasteiger partial charge on any atom is 0.119 e. The average molecular weight is 464 g/mol. The molecule has 164 valence electrons. The second-order valence-corrected chi connectivity index (χ2v) is 7.95. The zero-order chi connectivity index (χ0) is 19.1. The van der Waals surface area contributed by atoms with Gasteiger partial charge in [-0.1, -0.05) is 16.6 Å². The predicted molar refractivity (Wildman–Crippen MR) is 122 cm³/mol. The van der Waals surface area contributed by atoms with Crippen LogP contribution in [0.1, 0.15) is 16.1 Å². The quantitative estimate of drug-likeness (QED) is 0.588. The molecule has 0 radical (unpaired) electrons. The Morgan fingerprint density at radius 1 is 1.21 bits per heavy atom. The van der Waals surface area contributed by atoms with E-state index in [9.17, 15) is 5.11 Å². The third-order valence-electron chi connectivity index (χ3n) is 4.66. The minimum absolute atomic E-state index is 0. The van der Waals surface area contributed by atoms with Gasteiger partial charge in [-0.3, -0.25) is 9.80 Å². The first-order valence-corrected chi connectivity index (χ1v) is 10.2. The Bertz CT molecular complexity index is 698. The van der Waals surface area contributed by atoms with E-state index in [1.807, 2.05) is 19.1 Å². The van der Waals surface area contributed by atoms with Gasteiger partial charge in [0.05, 0.1) is 10.6 Å². The van der Waals surface area contributed by atoms with Crippen LogP contribution in [0.15, 0.2) is 24.3 Å². The summed E-state index contributed by atoms with van der Waals surface area (Å²) in [5.74, 6) is 0.795. The smallest absolute Gasteiger partial charge is 0.119 e. The number of ether oxygens (including phenoxy) is 1. The van der Waals surface area contributed by atoms with E-state index in [2.05, 4.69) is 43.9 Å². The number of aromatic nitrogens is 2. The van der Waals surface area contributed by atoms with Gasteiger partial charge in [-0.25, -0.2) is 0 Å². The molecule has 2 N–H and O–H groups in total. The Morgan fingerprint density at radius 2 is 1.90 bits per heavy atom. The van der Waals surface area contributed by atoms with Crippen molar-refractivity contribution >= 4 is 36.3 Å². The van der Waals surface area contributed by atoms with E-state index in [1.165, 1.54) is 22.0 Å². The Morgan fingerprint density at radius 3 is 2.52 bits per heavy atom. The Balaban J connectivity index is 0.00000210. The molecule has 29 heavy (non-hydrogen) atoms. The summed E-state index contributed by atoms with van der Waals surface area (Å²) >= 11 is 1.46. The van der Waals surface area contributed by atoms with Gasteiger partial charge in [0.25, 0.3) is 0 Å². The van der Waals surface area contributed by atoms with Gasteiger partial charge in [0, 0.05) is 45.8 Å². The highest BCUT2D eigenvalue weighted by atomic mass is 35.5. The molecule has 1 aromatic heterocycles. The first-order valence-electron chi connectivity index (χ1n) is 9.39. The number of hydrogen-bond donors (Lipinski definition) is 2. The highest BCUT2D eigenvalue weighted by Gasteiger charge is 2.14. The van der Waals surface area contributed by atoms with Gasteiger partial charge in [-0.05, 0) is 43.2 Å². The molecule has 2 aromatic rings. The molecule has 0 aliphatic carbocycles. The van der Waals surface area contributed by atoms with Gasteiger partial charge >= 0.3 is 0 Å². The second-order valence-electron chi connectivity index (χ2n) is 7.11. The SMILES string of the molecule is Cc1nnsc1CN(C)Cc1ccc(OCC(O)CN2CCNCC2)cc1.Cl.Cl. The van der Waals surface area contributed by atoms with Crippen molar-refractivity contribution in [3.8, 4) is 5.75 Å². The van der Waals surface area contributed by atoms with Crippen molar-refractivity contribution in [1.29, 1.82) is 0 Å². The highest BCUT2D eigenvalue weighted by molar-refractivity contribution is 7.05. The molecule has 0 bridgehead atoms. The van der Waals surface area contributed by atoms with Crippen LogP contribution in [-0.4, -0.2) is 77.0 Å². The number of aryl methyl sites for hydroxylation is 1. The molecule has 1 saturated heterocycles. The summed E-state index contributed by atoms with van der Waals surface area (Å²) in [5.41, 5.74) is 2.23. The van der Waals surface area contributed by atoms with Gasteiger partial charge in [-0.2, -0.15) is 0 Å². The molecule has 7 nitrogen and oxygen atoms in total. The zero-order valence-electron chi connectivity index (χ0n) is 16.9. The Labute approximate surface area is 189 Å². The fraction of sp³-hybridized carbons (Fsp3) is 0.579. The van der Waals surface area contributed by atoms with E-state index in [0.29, 0.717) is 13.2 Å². The summed E-state index contributed by atoms with van der Waals surface area (Å²) in [6.07, 6.45) is -0.467. The molecule has 0 saturated carbocycles. The maximum absolute atomic E-state index is 10.2. The van der Waals surface area contributed by atoms with Crippen LogP contribution in [0.2, 0.25) is 0 Å². The number of piperazine rings is 1. The summed E-state index contributed by atoms with van der Waals surface area (Å²) in [6, 6.07) is 8.10. The number of benzene rings is 1. The lowest BCUT2D eigenvalue weighted by Crippen LogP contribution is -2.47. The fourth-order valence-electron chi connectivity index (χ4n) is 3.14. The summed E-state index contributed by atoms with van der Waals surface area (Å²) in [4.78, 5) is 5.72. The van der Waals surface area contributed by atoms with Gasteiger partial charge in [-0.15, -0.1) is 29.9 Å². The third kappa shape index (κ3) is 8.72. The van der Waals surface area contributed by atoms with Crippen molar-refractivity contribution in [2.45, 2.75) is 26.1 Å². The topological polar surface area (TPSA) is 73.8 Å². The van der Waals surface area contributed by atoms with Crippen LogP contribution in [0, 0.1) is 6.92 Å². The van der Waals surface area contributed by atoms with Crippen molar-refractivity contribution < 1.29 is 9.84 Å². The molecular formula is C19H31Cl2N5O2S. The van der Waals surface area contributed by atoms with Crippen molar-refractivity contribution in [2.75, 3.05) is 46.4 Å². The second kappa shape index (κ2) is 13.3. The minimum Gasteiger partial charge on any atom is -0.491 e. The number of β-amino-alcohol motifs (C(OH)–C–C–N with tert-alkyl or cyclic N) is 1. The molecule has 1 atom stereocenters. The van der Waals surface area contributed by atoms with Crippen LogP contribution in [0.5, 0.6) is 5.75 Å². The molecule has 2 heterocycles. The van der Waals surface area contributed by atoms with Gasteiger partial charge in [0.2, 0.25) is 0 Å². The van der Waals surface area contributed by atoms with E-state index in [1.54, 1.807) is 0 Å². The standard InChI is InChI=1S/C19H29N5O2S.2ClH/c1-15-19(27-22-21-15)13-23(2)11-16-3-5-18(6-4-16)26-14-17(25)12-24-9-7-20-8-10-24;;/h3-6,17,20,25H,7-14H2,1-2H3;2*1H. The van der Waals surface area contributed by atoms with Crippen molar-refractivity contribution in [3.63, 3.8) is 0 Å². The number of nitrogens with zero attached hydrogens (tertiary/aromatic N) is 4. The molecule has 1 unspecified atom stereocenters. The number of hydrogen-bond acceptors (Lipinski definition) is 8. The first kappa shape index (κ1) is 26.0. The first-order chi connectivity index (χ1) is 13.1. The number of nitrogens with one attached hydrogen (secondary N) is 1. The van der Waals surface area contributed by atoms with Gasteiger partial charge in [0.15, 0.2) is 0 Å². The minimum atomic E-state index is -0.467. The molecule has 1 aromatic carbocycles. The number of aliphatic hydroxyl groups excluding tert-OH is 1. The van der Waals surface area contributed by atoms with E-state index in [4.69, 9.17) is 4.74 Å². The summed E-state index contributed by atoms with van der Waals surface area (Å²) in [6.45, 7) is 8.62. The Kier molecular flexibility index (Phi) is 12.0. The molecule has 10 heteroatoms. The normalized spacial score (nSPS) is 15.4. The van der Waals surface area contributed by atoms with E-state index in [0.717, 1.165) is 50.7 Å². The Hall–Kier alpha value is -1.00. The zero-order valence-corrected chi connectivity index (χ0v) is 19.4. The van der Waals surface area contributed by atoms with Crippen LogP contribution in [0.25, 0.3) is 0 Å². The van der Waals surface area contributed by atoms with Gasteiger partial charge in [0.1, 0.15) is 18.5 Å². The molecule has 1 aliphatic heterocycles. The highest BCUT2D eigenvalue weighted by Crippen LogP contribution is 2.16. The summed E-state index contributed by atoms with van der Waals surface area (Å²) < 4.78 is 9.74. The van der Waals surface area contributed by atoms with Gasteiger partial charge < -0.3 is 15.2 Å². The molecule has 1 fully saturated rings. The predicted octanol–water partition coefficient (Wildman–Crippen LogP) is 1.97. The number of halogens is 2. The van der Waals surface area contributed by atoms with Crippen LogP contribution in [-0.2, 0) is 13.1 Å². The molecule has 1 aliphatic rings. The largest absolute Gasteiger partial charge is 0.491 e. The summed E-state index contributed by atoms with van der Waals surface area (Å²) in [7, 11) is 2.09. The lowest BCUT2D eigenvalue weighted by Gasteiger charge is -2.29.